The second-order valence-corrected chi connectivity index (χ2v) is 7.24. The van der Waals surface area contributed by atoms with Gasteiger partial charge in [0.2, 0.25) is 0 Å². The lowest BCUT2D eigenvalue weighted by Gasteiger charge is -2.07. The molecule has 4 rings (SSSR count). The van der Waals surface area contributed by atoms with Crippen molar-refractivity contribution in [3.8, 4) is 22.5 Å². The zero-order valence-corrected chi connectivity index (χ0v) is 16.6. The molecule has 3 aromatic heterocycles. The summed E-state index contributed by atoms with van der Waals surface area (Å²) in [5, 5.41) is 14.6. The first-order valence-electron chi connectivity index (χ1n) is 8.74. The van der Waals surface area contributed by atoms with E-state index in [2.05, 4.69) is 16.3 Å². The smallest absolute Gasteiger partial charge is 0.0964 e. The second kappa shape index (κ2) is 6.70. The van der Waals surface area contributed by atoms with Crippen molar-refractivity contribution >= 4 is 11.6 Å². The van der Waals surface area contributed by atoms with E-state index in [4.69, 9.17) is 16.7 Å². The standard InChI is InChI=1S/C20H21ClN6/c1-13-17(11-25(3)22-13)19-9-20(18-12-26(4)23-14(18)2)27(24-19)10-15-5-7-16(21)8-6-15/h5-9,11-12H,10H2,1-4H3. The Morgan fingerprint density at radius 1 is 0.852 bits per heavy atom. The highest BCUT2D eigenvalue weighted by atomic mass is 35.5. The summed E-state index contributed by atoms with van der Waals surface area (Å²) in [5.41, 5.74) is 7.13. The Bertz CT molecular complexity index is 1100. The summed E-state index contributed by atoms with van der Waals surface area (Å²) >= 11 is 6.03. The Kier molecular flexibility index (Phi) is 4.36. The fourth-order valence-electron chi connectivity index (χ4n) is 3.35. The lowest BCUT2D eigenvalue weighted by molar-refractivity contribution is 0.696. The molecule has 0 atom stereocenters. The molecule has 0 saturated carbocycles. The quantitative estimate of drug-likeness (QED) is 0.537. The van der Waals surface area contributed by atoms with Crippen molar-refractivity contribution < 1.29 is 0 Å². The van der Waals surface area contributed by atoms with Crippen molar-refractivity contribution in [3.63, 3.8) is 0 Å². The topological polar surface area (TPSA) is 53.5 Å². The number of hydrogen-bond donors (Lipinski definition) is 0. The summed E-state index contributed by atoms with van der Waals surface area (Å²) in [6, 6.07) is 9.98. The van der Waals surface area contributed by atoms with E-state index >= 15 is 0 Å². The van der Waals surface area contributed by atoms with Crippen LogP contribution in [0.15, 0.2) is 42.7 Å². The molecule has 0 aliphatic rings. The first-order chi connectivity index (χ1) is 12.9. The minimum absolute atomic E-state index is 0.653. The number of rotatable bonds is 4. The SMILES string of the molecule is Cc1nn(C)cc1-c1cc(-c2cn(C)nc2C)n(Cc2ccc(Cl)cc2)n1. The first kappa shape index (κ1) is 17.5. The number of aromatic nitrogens is 6. The van der Waals surface area contributed by atoms with Gasteiger partial charge in [0.15, 0.2) is 0 Å². The maximum atomic E-state index is 6.03. The van der Waals surface area contributed by atoms with Crippen molar-refractivity contribution in [1.29, 1.82) is 0 Å². The normalized spacial score (nSPS) is 11.3. The zero-order valence-electron chi connectivity index (χ0n) is 15.8. The van der Waals surface area contributed by atoms with Crippen LogP contribution in [0.4, 0.5) is 0 Å². The van der Waals surface area contributed by atoms with Gasteiger partial charge in [-0.25, -0.2) is 0 Å². The largest absolute Gasteiger partial charge is 0.275 e. The van der Waals surface area contributed by atoms with Gasteiger partial charge in [-0.1, -0.05) is 23.7 Å². The number of hydrogen-bond acceptors (Lipinski definition) is 3. The molecule has 0 aliphatic carbocycles. The molecule has 0 saturated heterocycles. The van der Waals surface area contributed by atoms with E-state index in [9.17, 15) is 0 Å². The minimum Gasteiger partial charge on any atom is -0.275 e. The summed E-state index contributed by atoms with van der Waals surface area (Å²) < 4.78 is 5.67. The third kappa shape index (κ3) is 3.40. The Hall–Kier alpha value is -2.86. The van der Waals surface area contributed by atoms with Crippen LogP contribution in [-0.4, -0.2) is 29.3 Å². The van der Waals surface area contributed by atoms with E-state index in [1.165, 1.54) is 0 Å². The predicted molar refractivity (Wildman–Crippen MR) is 107 cm³/mol. The third-order valence-corrected chi connectivity index (χ3v) is 4.86. The maximum absolute atomic E-state index is 6.03. The number of aryl methyl sites for hydroxylation is 4. The Labute approximate surface area is 163 Å². The predicted octanol–water partition coefficient (Wildman–Crippen LogP) is 4.00. The van der Waals surface area contributed by atoms with E-state index in [1.54, 1.807) is 0 Å². The van der Waals surface area contributed by atoms with Crippen molar-refractivity contribution in [2.24, 2.45) is 14.1 Å². The average Bonchev–Trinajstić information content (AvgIpc) is 3.26. The lowest BCUT2D eigenvalue weighted by atomic mass is 10.1. The molecule has 1 aromatic carbocycles. The van der Waals surface area contributed by atoms with Crippen molar-refractivity contribution in [3.05, 3.63) is 64.7 Å². The van der Waals surface area contributed by atoms with Gasteiger partial charge >= 0.3 is 0 Å². The maximum Gasteiger partial charge on any atom is 0.0964 e. The number of halogens is 1. The molecule has 7 heteroatoms. The minimum atomic E-state index is 0.653. The fourth-order valence-corrected chi connectivity index (χ4v) is 3.48. The molecule has 0 aliphatic heterocycles. The van der Waals surface area contributed by atoms with Crippen molar-refractivity contribution in [2.45, 2.75) is 20.4 Å². The molecular formula is C20H21ClN6. The molecule has 138 valence electrons. The van der Waals surface area contributed by atoms with Gasteiger partial charge in [-0.3, -0.25) is 14.0 Å². The molecule has 0 amide bonds. The van der Waals surface area contributed by atoms with Crippen LogP contribution in [0, 0.1) is 13.8 Å². The van der Waals surface area contributed by atoms with E-state index in [1.807, 2.05) is 78.6 Å². The van der Waals surface area contributed by atoms with E-state index < -0.39 is 0 Å². The van der Waals surface area contributed by atoms with E-state index in [0.717, 1.165) is 44.5 Å². The Balaban J connectivity index is 1.83. The van der Waals surface area contributed by atoms with Crippen LogP contribution >= 0.6 is 11.6 Å². The van der Waals surface area contributed by atoms with Gasteiger partial charge in [-0.2, -0.15) is 15.3 Å². The van der Waals surface area contributed by atoms with Crippen LogP contribution in [0.5, 0.6) is 0 Å². The first-order valence-corrected chi connectivity index (χ1v) is 9.12. The van der Waals surface area contributed by atoms with Crippen LogP contribution in [0.25, 0.3) is 22.5 Å². The lowest BCUT2D eigenvalue weighted by Crippen LogP contribution is -2.04. The summed E-state index contributed by atoms with van der Waals surface area (Å²) in [6.45, 7) is 4.67. The van der Waals surface area contributed by atoms with Gasteiger partial charge in [0.25, 0.3) is 0 Å². The molecule has 0 radical (unpaired) electrons. The molecule has 6 nitrogen and oxygen atoms in total. The highest BCUT2D eigenvalue weighted by Gasteiger charge is 2.18. The van der Waals surface area contributed by atoms with Crippen molar-refractivity contribution in [2.75, 3.05) is 0 Å². The summed E-state index contributed by atoms with van der Waals surface area (Å²) in [7, 11) is 3.86. The van der Waals surface area contributed by atoms with Crippen molar-refractivity contribution in [1.82, 2.24) is 29.3 Å². The van der Waals surface area contributed by atoms with Gasteiger partial charge in [0.1, 0.15) is 0 Å². The molecule has 3 heterocycles. The molecular weight excluding hydrogens is 360 g/mol. The summed E-state index contributed by atoms with van der Waals surface area (Å²) in [5.74, 6) is 0. The Morgan fingerprint density at radius 3 is 2.00 bits per heavy atom. The average molecular weight is 381 g/mol. The monoisotopic (exact) mass is 380 g/mol. The molecule has 0 spiro atoms. The molecule has 0 fully saturated rings. The molecule has 27 heavy (non-hydrogen) atoms. The van der Waals surface area contributed by atoms with Crippen LogP contribution in [0.2, 0.25) is 5.02 Å². The summed E-state index contributed by atoms with van der Waals surface area (Å²) in [4.78, 5) is 0. The third-order valence-electron chi connectivity index (χ3n) is 4.60. The molecule has 0 N–H and O–H groups in total. The van der Waals surface area contributed by atoms with Gasteiger partial charge in [-0.05, 0) is 37.6 Å². The molecule has 0 bridgehead atoms. The highest BCUT2D eigenvalue weighted by Crippen LogP contribution is 2.30. The van der Waals surface area contributed by atoms with Gasteiger partial charge in [-0.15, -0.1) is 0 Å². The highest BCUT2D eigenvalue weighted by molar-refractivity contribution is 6.30. The van der Waals surface area contributed by atoms with Gasteiger partial charge in [0.05, 0.1) is 29.3 Å². The second-order valence-electron chi connectivity index (χ2n) is 6.80. The fraction of sp³-hybridized carbons (Fsp3) is 0.250. The van der Waals surface area contributed by atoms with E-state index in [0.29, 0.717) is 6.54 Å². The van der Waals surface area contributed by atoms with Crippen LogP contribution in [0.1, 0.15) is 17.0 Å². The zero-order chi connectivity index (χ0) is 19.1. The number of nitrogens with zero attached hydrogens (tertiary/aromatic N) is 6. The van der Waals surface area contributed by atoms with Crippen LogP contribution < -0.4 is 0 Å². The molecule has 0 unspecified atom stereocenters. The van der Waals surface area contributed by atoms with Gasteiger partial charge < -0.3 is 0 Å². The van der Waals surface area contributed by atoms with Gasteiger partial charge in [0, 0.05) is 42.6 Å². The number of benzene rings is 1. The van der Waals surface area contributed by atoms with Crippen LogP contribution in [0.3, 0.4) is 0 Å². The van der Waals surface area contributed by atoms with Crippen LogP contribution in [-0.2, 0) is 20.6 Å². The van der Waals surface area contributed by atoms with E-state index in [-0.39, 0.29) is 0 Å². The Morgan fingerprint density at radius 2 is 1.44 bits per heavy atom. The summed E-state index contributed by atoms with van der Waals surface area (Å²) in [6.07, 6.45) is 4.04. The molecule has 4 aromatic rings.